The molecule has 8 heteroatoms. The van der Waals surface area contributed by atoms with E-state index in [4.69, 9.17) is 11.6 Å². The minimum absolute atomic E-state index is 0.0115. The Hall–Kier alpha value is -2.77. The van der Waals surface area contributed by atoms with Crippen LogP contribution in [0.1, 0.15) is 20.8 Å². The van der Waals surface area contributed by atoms with E-state index in [1.54, 1.807) is 34.7 Å². The summed E-state index contributed by atoms with van der Waals surface area (Å²) in [5.74, 6) is -0.426. The molecule has 0 bridgehead atoms. The van der Waals surface area contributed by atoms with Crippen molar-refractivity contribution in [3.05, 3.63) is 91.4 Å². The fourth-order valence-electron chi connectivity index (χ4n) is 2.67. The van der Waals surface area contributed by atoms with E-state index < -0.39 is 10.8 Å². The lowest BCUT2D eigenvalue weighted by molar-refractivity contribution is -0.385. The number of nitrogens with zero attached hydrogens (tertiary/aromatic N) is 3. The van der Waals surface area contributed by atoms with Crippen LogP contribution < -0.4 is 0 Å². The number of nitro groups is 1. The fraction of sp³-hybridized carbons (Fsp3) is 0.158. The van der Waals surface area contributed by atoms with Crippen molar-refractivity contribution in [1.82, 2.24) is 9.88 Å². The van der Waals surface area contributed by atoms with E-state index in [0.29, 0.717) is 19.5 Å². The van der Waals surface area contributed by atoms with Gasteiger partial charge in [-0.3, -0.25) is 19.9 Å². The summed E-state index contributed by atoms with van der Waals surface area (Å²) in [6, 6.07) is 11.6. The topological polar surface area (TPSA) is 76.3 Å². The van der Waals surface area contributed by atoms with Gasteiger partial charge in [-0.25, -0.2) is 0 Å². The molecule has 0 atom stereocenters. The summed E-state index contributed by atoms with van der Waals surface area (Å²) in [5.41, 5.74) is 0.584. The summed E-state index contributed by atoms with van der Waals surface area (Å²) >= 11 is 7.60. The van der Waals surface area contributed by atoms with Crippen LogP contribution in [-0.2, 0) is 13.0 Å². The SMILES string of the molecule is O=C(c1cc(Cl)ccc1[N+](=O)[O-])N(CCc1cccs1)Cc1cccnc1. The van der Waals surface area contributed by atoms with E-state index in [0.717, 1.165) is 10.4 Å². The molecule has 0 aliphatic heterocycles. The first-order chi connectivity index (χ1) is 13.0. The number of carbonyl (C=O) groups excluding carboxylic acids is 1. The van der Waals surface area contributed by atoms with Gasteiger partial charge in [0.2, 0.25) is 0 Å². The summed E-state index contributed by atoms with van der Waals surface area (Å²) in [4.78, 5) is 30.7. The molecule has 0 unspecified atom stereocenters. The number of rotatable bonds is 7. The zero-order valence-corrected chi connectivity index (χ0v) is 15.8. The van der Waals surface area contributed by atoms with E-state index >= 15 is 0 Å². The summed E-state index contributed by atoms with van der Waals surface area (Å²) in [7, 11) is 0. The van der Waals surface area contributed by atoms with E-state index in [1.807, 2.05) is 23.6 Å². The highest BCUT2D eigenvalue weighted by Gasteiger charge is 2.25. The molecule has 1 aromatic carbocycles. The number of benzene rings is 1. The van der Waals surface area contributed by atoms with Crippen LogP contribution in [-0.4, -0.2) is 27.3 Å². The van der Waals surface area contributed by atoms with Crippen LogP contribution in [0.2, 0.25) is 5.02 Å². The third-order valence-corrected chi connectivity index (χ3v) is 5.15. The van der Waals surface area contributed by atoms with Gasteiger partial charge in [-0.05, 0) is 41.6 Å². The Kier molecular flexibility index (Phi) is 6.16. The van der Waals surface area contributed by atoms with Crippen molar-refractivity contribution < 1.29 is 9.72 Å². The Morgan fingerprint density at radius 2 is 2.11 bits per heavy atom. The number of carbonyl (C=O) groups is 1. The number of nitro benzene ring substituents is 1. The van der Waals surface area contributed by atoms with E-state index in [1.165, 1.54) is 18.2 Å². The molecule has 0 saturated heterocycles. The van der Waals surface area contributed by atoms with Crippen molar-refractivity contribution in [2.24, 2.45) is 0 Å². The quantitative estimate of drug-likeness (QED) is 0.428. The molecule has 1 amide bonds. The first-order valence-electron chi connectivity index (χ1n) is 8.19. The monoisotopic (exact) mass is 401 g/mol. The van der Waals surface area contributed by atoms with Crippen LogP contribution in [0.5, 0.6) is 0 Å². The summed E-state index contributed by atoms with van der Waals surface area (Å²) < 4.78 is 0. The van der Waals surface area contributed by atoms with E-state index in [-0.39, 0.29) is 16.3 Å². The van der Waals surface area contributed by atoms with Gasteiger partial charge in [0.15, 0.2) is 0 Å². The largest absolute Gasteiger partial charge is 0.334 e. The van der Waals surface area contributed by atoms with Gasteiger partial charge in [0.25, 0.3) is 11.6 Å². The van der Waals surface area contributed by atoms with Gasteiger partial charge in [-0.1, -0.05) is 23.7 Å². The molecule has 3 rings (SSSR count). The van der Waals surface area contributed by atoms with E-state index in [2.05, 4.69) is 4.98 Å². The first-order valence-corrected chi connectivity index (χ1v) is 9.45. The Labute approximate surface area is 165 Å². The maximum absolute atomic E-state index is 13.1. The van der Waals surface area contributed by atoms with Crippen LogP contribution in [0.25, 0.3) is 0 Å². The van der Waals surface area contributed by atoms with Crippen LogP contribution in [0.3, 0.4) is 0 Å². The first kappa shape index (κ1) is 19.0. The molecule has 6 nitrogen and oxygen atoms in total. The molecular weight excluding hydrogens is 386 g/mol. The lowest BCUT2D eigenvalue weighted by Gasteiger charge is -2.22. The normalized spacial score (nSPS) is 10.6. The molecule has 0 N–H and O–H groups in total. The van der Waals surface area contributed by atoms with Gasteiger partial charge >= 0.3 is 0 Å². The van der Waals surface area contributed by atoms with Crippen molar-refractivity contribution in [3.63, 3.8) is 0 Å². The maximum Gasteiger partial charge on any atom is 0.282 e. The van der Waals surface area contributed by atoms with Crippen molar-refractivity contribution in [2.45, 2.75) is 13.0 Å². The molecule has 27 heavy (non-hydrogen) atoms. The van der Waals surface area contributed by atoms with Crippen LogP contribution in [0.4, 0.5) is 5.69 Å². The minimum Gasteiger partial charge on any atom is -0.334 e. The zero-order valence-electron chi connectivity index (χ0n) is 14.2. The second kappa shape index (κ2) is 8.75. The maximum atomic E-state index is 13.1. The fourth-order valence-corrected chi connectivity index (χ4v) is 3.54. The summed E-state index contributed by atoms with van der Waals surface area (Å²) in [6.07, 6.45) is 4.00. The van der Waals surface area contributed by atoms with Gasteiger partial charge in [0.1, 0.15) is 5.56 Å². The predicted octanol–water partition coefficient (Wildman–Crippen LogP) is 4.59. The minimum atomic E-state index is -0.564. The van der Waals surface area contributed by atoms with Gasteiger partial charge in [-0.15, -0.1) is 11.3 Å². The van der Waals surface area contributed by atoms with Crippen LogP contribution in [0, 0.1) is 10.1 Å². The van der Waals surface area contributed by atoms with Crippen molar-refractivity contribution in [2.75, 3.05) is 6.54 Å². The van der Waals surface area contributed by atoms with Crippen LogP contribution in [0.15, 0.2) is 60.2 Å². The Morgan fingerprint density at radius 1 is 1.26 bits per heavy atom. The van der Waals surface area contributed by atoms with E-state index in [9.17, 15) is 14.9 Å². The molecule has 0 fully saturated rings. The Morgan fingerprint density at radius 3 is 2.78 bits per heavy atom. The smallest absolute Gasteiger partial charge is 0.282 e. The summed E-state index contributed by atoms with van der Waals surface area (Å²) in [5, 5.41) is 13.6. The highest BCUT2D eigenvalue weighted by Crippen LogP contribution is 2.25. The van der Waals surface area contributed by atoms with Gasteiger partial charge < -0.3 is 4.90 Å². The zero-order chi connectivity index (χ0) is 19.2. The average Bonchev–Trinajstić information content (AvgIpc) is 3.18. The molecule has 3 aromatic rings. The van der Waals surface area contributed by atoms with Crippen molar-refractivity contribution >= 4 is 34.5 Å². The number of amides is 1. The predicted molar refractivity (Wildman–Crippen MR) is 105 cm³/mol. The second-order valence-corrected chi connectivity index (χ2v) is 7.30. The third-order valence-electron chi connectivity index (χ3n) is 3.98. The molecule has 2 heterocycles. The molecule has 0 radical (unpaired) electrons. The Bertz CT molecular complexity index is 933. The highest BCUT2D eigenvalue weighted by molar-refractivity contribution is 7.09. The van der Waals surface area contributed by atoms with Gasteiger partial charge in [-0.2, -0.15) is 0 Å². The van der Waals surface area contributed by atoms with Gasteiger partial charge in [0.05, 0.1) is 4.92 Å². The molecule has 138 valence electrons. The average molecular weight is 402 g/mol. The second-order valence-electron chi connectivity index (χ2n) is 5.84. The van der Waals surface area contributed by atoms with Crippen molar-refractivity contribution in [1.29, 1.82) is 0 Å². The summed E-state index contributed by atoms with van der Waals surface area (Å²) in [6.45, 7) is 0.736. The lowest BCUT2D eigenvalue weighted by Crippen LogP contribution is -2.33. The highest BCUT2D eigenvalue weighted by atomic mass is 35.5. The molecule has 0 aliphatic rings. The number of pyridine rings is 1. The number of hydrogen-bond acceptors (Lipinski definition) is 5. The number of hydrogen-bond donors (Lipinski definition) is 0. The molecule has 0 aliphatic carbocycles. The van der Waals surface area contributed by atoms with Crippen molar-refractivity contribution in [3.8, 4) is 0 Å². The number of halogens is 1. The third kappa shape index (κ3) is 4.90. The number of thiophene rings is 1. The van der Waals surface area contributed by atoms with Crippen LogP contribution >= 0.6 is 22.9 Å². The Balaban J connectivity index is 1.90. The molecular formula is C19H16ClN3O3S. The molecule has 0 spiro atoms. The standard InChI is InChI=1S/C19H16ClN3O3S/c20-15-5-6-18(23(25)26)17(11-15)19(24)22(9-7-16-4-2-10-27-16)13-14-3-1-8-21-12-14/h1-6,8,10-12H,7,9,13H2. The number of aromatic nitrogens is 1. The van der Waals surface area contributed by atoms with Gasteiger partial charge in [0, 0.05) is 41.4 Å². The molecule has 0 saturated carbocycles. The molecule has 2 aromatic heterocycles. The lowest BCUT2D eigenvalue weighted by atomic mass is 10.1.